The third kappa shape index (κ3) is 58.7. The van der Waals surface area contributed by atoms with Gasteiger partial charge in [-0.2, -0.15) is 16.4 Å². The summed E-state index contributed by atoms with van der Waals surface area (Å²) < 4.78 is 31.5. The van der Waals surface area contributed by atoms with Gasteiger partial charge in [-0.25, -0.2) is 54.2 Å². The number of thiazole rings is 1. The molecule has 5 aromatic carbocycles. The minimum absolute atomic E-state index is 0.360. The number of nitrogens with one attached hydrogen (secondary N) is 6. The molecule has 140 heavy (non-hydrogen) atoms. The normalized spacial score (nSPS) is 9.09. The van der Waals surface area contributed by atoms with Crippen LogP contribution in [0, 0.1) is 0 Å². The van der Waals surface area contributed by atoms with Crippen LogP contribution in [0.3, 0.4) is 0 Å². The van der Waals surface area contributed by atoms with Crippen molar-refractivity contribution in [2.75, 3.05) is 6.79 Å². The number of aromatic amines is 6. The van der Waals surface area contributed by atoms with Gasteiger partial charge in [0, 0.05) is 198 Å². The number of nitrogens with zero attached hydrogens (tertiary/aromatic N) is 20. The van der Waals surface area contributed by atoms with Gasteiger partial charge in [0.25, 0.3) is 0 Å². The van der Waals surface area contributed by atoms with Crippen molar-refractivity contribution >= 4 is 121 Å². The zero-order chi connectivity index (χ0) is 97.4. The number of thiophene rings is 4. The fourth-order valence-corrected chi connectivity index (χ4v) is 12.7. The first-order chi connectivity index (χ1) is 69.8. The Morgan fingerprint density at radius 1 is 0.264 bits per heavy atom. The Labute approximate surface area is 832 Å². The molecule has 37 heteroatoms. The second-order valence-electron chi connectivity index (χ2n) is 24.6. The number of ether oxygens (including phenoxy) is 2. The number of oxazole rings is 1. The minimum Gasteiger partial charge on any atom is -0.473 e. The second kappa shape index (κ2) is 81.6. The van der Waals surface area contributed by atoms with Crippen LogP contribution in [-0.4, -0.2) is 136 Å². The van der Waals surface area contributed by atoms with Crippen LogP contribution in [-0.2, 0) is 0 Å². The Kier molecular flexibility index (Phi) is 63.5. The topological polar surface area (TPSA) is 410 Å². The van der Waals surface area contributed by atoms with Gasteiger partial charge in [-0.1, -0.05) is 102 Å². The number of imidazole rings is 3. The van der Waals surface area contributed by atoms with Crippen molar-refractivity contribution in [3.63, 3.8) is 0 Å². The second-order valence-corrected chi connectivity index (χ2v) is 29.7. The first-order valence-corrected chi connectivity index (χ1v) is 47.0. The zero-order valence-corrected chi connectivity index (χ0v) is 80.0. The Morgan fingerprint density at radius 2 is 0.807 bits per heavy atom. The van der Waals surface area contributed by atoms with Crippen LogP contribution >= 0.6 is 68.2 Å². The van der Waals surface area contributed by atoms with Crippen LogP contribution in [0.4, 0.5) is 0 Å². The number of rotatable bonds is 0. The standard InChI is InChI=1S/C8H6N2.C8H7N.C8H6S.C7H6N2.C7H6O2.C6H4S2.2C5H5N.4C4H4N2.C4H5N.C4H4O.C4H4S.3C3H4N2.2C3H3NO.2C3H3NS/c1-2-4-8-7(3-1)9-5-6-10-8;2*1-2-4-8-7(3-1)5-6-9-8;2*1-2-4-7-6(3-1)8-5-9-7;1-3-7-6-2-4-8-5(1)6;2*1-2-4-6-5-3-1;1-2-6-4-3-5-1;3*1-2-5-4-6-3-1;3*1-2-4-5-3-1;2*1-2-5-3-4-1;1-2-4-5-3-1;1-2-5-3-4-1;1-2-4-5-3-1;1-2-5-3-4-1;1-2-4-5-3-1/h1-6H;1-6,9H;1-6H;1-5H,(H,8,9);1-4H,5H2;1-4H;2*1-5H;4*1-4H;1-5H;2*1-4H;3*1-3H,(H,4,5);4*1-3H. The molecule has 0 atom stereocenters. The van der Waals surface area contributed by atoms with E-state index in [4.69, 9.17) is 9.47 Å². The molecule has 28 rings (SSSR count). The Hall–Kier alpha value is -18.1. The van der Waals surface area contributed by atoms with E-state index in [1.54, 1.807) is 279 Å². The molecular formula is C103H98N26O5S6. The maximum absolute atomic E-state index is 5.08. The van der Waals surface area contributed by atoms with Gasteiger partial charge in [0.05, 0.1) is 71.5 Å². The number of para-hydroxylation sites is 7. The SMILES string of the molecule is c1c[nH]cn1.c1c[nH]cn1.c1cc2sccc2s1.c1cc[nH]c1.c1ccc2[nH]ccc2c1.c1ccc2[nH]cnc2c1.c1ccc2c(c1)OCO2.c1ccc2nccnc2c1.c1ccc2sccc2c1.c1ccncc1.c1ccncc1.c1ccoc1.c1ccsc1.c1cn[nH]c1.c1cnccn1.c1cncnc1.c1cncnc1.c1cncnc1.c1cnoc1.c1cnsc1.c1cocn1.c1cscn1. The summed E-state index contributed by atoms with van der Waals surface area (Å²) in [6.07, 6.45) is 67.0. The summed E-state index contributed by atoms with van der Waals surface area (Å²) in [5.41, 5.74) is 7.02. The molecule has 0 spiro atoms. The molecule has 0 unspecified atom stereocenters. The molecule has 1 aliphatic rings. The van der Waals surface area contributed by atoms with Crippen molar-refractivity contribution in [3.05, 3.63) is 547 Å². The van der Waals surface area contributed by atoms with Gasteiger partial charge in [-0.15, -0.1) is 45.3 Å². The number of hydrogen-bond donors (Lipinski definition) is 6. The number of benzene rings is 5. The lowest BCUT2D eigenvalue weighted by Gasteiger charge is -1.90. The summed E-state index contributed by atoms with van der Waals surface area (Å²) in [6, 6.07) is 82.3. The van der Waals surface area contributed by atoms with E-state index in [1.807, 2.05) is 210 Å². The van der Waals surface area contributed by atoms with Crippen LogP contribution < -0.4 is 9.47 Å². The first kappa shape index (κ1) is 109. The Balaban J connectivity index is 0.000000200. The number of hydrogen-bond acceptors (Lipinski definition) is 31. The van der Waals surface area contributed by atoms with Gasteiger partial charge in [0.2, 0.25) is 6.79 Å². The maximum atomic E-state index is 5.08. The average molecular weight is 1970 g/mol. The first-order valence-electron chi connectivity index (χ1n) is 41.7. The summed E-state index contributed by atoms with van der Waals surface area (Å²) in [4.78, 5) is 78.5. The van der Waals surface area contributed by atoms with Crippen LogP contribution in [0.2, 0.25) is 0 Å². The third-order valence-corrected chi connectivity index (χ3v) is 19.3. The van der Waals surface area contributed by atoms with Gasteiger partial charge in [0.15, 0.2) is 17.9 Å². The monoisotopic (exact) mass is 1970 g/mol. The van der Waals surface area contributed by atoms with E-state index >= 15 is 0 Å². The van der Waals surface area contributed by atoms with Gasteiger partial charge in [-0.05, 0) is 207 Å². The van der Waals surface area contributed by atoms with E-state index < -0.39 is 0 Å². The Morgan fingerprint density at radius 3 is 1.14 bits per heavy atom. The molecule has 27 aromatic rings. The molecular weight excluding hydrogens is 1870 g/mol. The quantitative estimate of drug-likeness (QED) is 0.0821. The summed E-state index contributed by atoms with van der Waals surface area (Å²) in [5.74, 6) is 1.69. The lowest BCUT2D eigenvalue weighted by Crippen LogP contribution is -1.92. The predicted molar refractivity (Wildman–Crippen MR) is 561 cm³/mol. The number of fused-ring (bicyclic) bond motifs is 6. The van der Waals surface area contributed by atoms with Crippen LogP contribution in [0.5, 0.6) is 11.5 Å². The highest BCUT2D eigenvalue weighted by molar-refractivity contribution is 7.25. The molecule has 0 radical (unpaired) electrons. The average Bonchev–Trinajstić information content (AvgIpc) is 1.76. The zero-order valence-electron chi connectivity index (χ0n) is 75.1. The van der Waals surface area contributed by atoms with Gasteiger partial charge in [-0.3, -0.25) is 40.0 Å². The van der Waals surface area contributed by atoms with Crippen LogP contribution in [0.25, 0.3) is 52.5 Å². The summed E-state index contributed by atoms with van der Waals surface area (Å²) in [7, 11) is 0. The van der Waals surface area contributed by atoms with Crippen molar-refractivity contribution < 1.29 is 22.8 Å². The van der Waals surface area contributed by atoms with E-state index in [1.165, 1.54) is 79.8 Å². The highest BCUT2D eigenvalue weighted by atomic mass is 32.1. The number of H-pyrrole nitrogens is 6. The van der Waals surface area contributed by atoms with Crippen molar-refractivity contribution in [3.8, 4) is 11.5 Å². The molecule has 706 valence electrons. The van der Waals surface area contributed by atoms with Crippen molar-refractivity contribution in [1.29, 1.82) is 0 Å². The lowest BCUT2D eigenvalue weighted by molar-refractivity contribution is 0.174. The molecule has 31 nitrogen and oxygen atoms in total. The highest BCUT2D eigenvalue weighted by Gasteiger charge is 2.09. The van der Waals surface area contributed by atoms with Gasteiger partial charge in [0.1, 0.15) is 31.5 Å². The smallest absolute Gasteiger partial charge is 0.231 e. The van der Waals surface area contributed by atoms with Crippen molar-refractivity contribution in [2.24, 2.45) is 0 Å². The lowest BCUT2D eigenvalue weighted by atomic mass is 10.3. The molecule has 1 aliphatic heterocycles. The molecule has 22 aromatic heterocycles. The number of furan rings is 1. The summed E-state index contributed by atoms with van der Waals surface area (Å²) in [6.45, 7) is 0.360. The molecule has 0 saturated carbocycles. The van der Waals surface area contributed by atoms with Crippen molar-refractivity contribution in [2.45, 2.75) is 0 Å². The van der Waals surface area contributed by atoms with Gasteiger partial charge < -0.3 is 47.8 Å². The van der Waals surface area contributed by atoms with Gasteiger partial charge >= 0.3 is 0 Å². The van der Waals surface area contributed by atoms with E-state index in [9.17, 15) is 0 Å². The van der Waals surface area contributed by atoms with E-state index in [0.29, 0.717) is 6.79 Å². The molecule has 23 heterocycles. The molecule has 0 fully saturated rings. The van der Waals surface area contributed by atoms with E-state index in [2.05, 4.69) is 220 Å². The molecule has 0 saturated heterocycles. The van der Waals surface area contributed by atoms with Crippen molar-refractivity contribution in [1.82, 2.24) is 129 Å². The predicted octanol–water partition coefficient (Wildman–Crippen LogP) is 25.6. The molecule has 0 amide bonds. The largest absolute Gasteiger partial charge is 0.473 e. The number of pyridine rings is 2. The number of aromatic nitrogens is 26. The van der Waals surface area contributed by atoms with E-state index in [-0.39, 0.29) is 0 Å². The Bertz CT molecular complexity index is 5430. The molecule has 6 N–H and O–H groups in total. The third-order valence-electron chi connectivity index (χ3n) is 14.9. The summed E-state index contributed by atoms with van der Waals surface area (Å²) >= 11 is 10.2. The van der Waals surface area contributed by atoms with Crippen LogP contribution in [0.15, 0.2) is 560 Å². The molecule has 0 aliphatic carbocycles. The summed E-state index contributed by atoms with van der Waals surface area (Å²) in [5, 5.41) is 26.5. The molecule has 0 bridgehead atoms. The van der Waals surface area contributed by atoms with Crippen LogP contribution in [0.1, 0.15) is 0 Å². The highest BCUT2D eigenvalue weighted by Crippen LogP contribution is 2.30. The minimum atomic E-state index is 0.360. The van der Waals surface area contributed by atoms with E-state index in [0.717, 1.165) is 33.6 Å². The maximum Gasteiger partial charge on any atom is 0.231 e. The fourth-order valence-electron chi connectivity index (χ4n) is 8.95. The fraction of sp³-hybridized carbons (Fsp3) is 0.00971.